The van der Waals surface area contributed by atoms with Crippen LogP contribution < -0.4 is 9.47 Å². The number of sulfone groups is 1. The zero-order valence-electron chi connectivity index (χ0n) is 19.7. The molecule has 1 aliphatic heterocycles. The first-order valence-corrected chi connectivity index (χ1v) is 12.8. The third-order valence-corrected chi connectivity index (χ3v) is 7.84. The van der Waals surface area contributed by atoms with E-state index in [0.29, 0.717) is 40.1 Å². The van der Waals surface area contributed by atoms with Crippen molar-refractivity contribution >= 4 is 32.6 Å². The number of methoxy groups -OCH3 is 2. The van der Waals surface area contributed by atoms with Crippen molar-refractivity contribution < 1.29 is 32.2 Å². The molecule has 9 nitrogen and oxygen atoms in total. The lowest BCUT2D eigenvalue weighted by atomic mass is 10.0. The Morgan fingerprint density at radius 3 is 2.49 bits per heavy atom. The summed E-state index contributed by atoms with van der Waals surface area (Å²) in [4.78, 5) is 31.6. The average Bonchev–Trinajstić information content (AvgIpc) is 3.24. The molecule has 0 aliphatic carbocycles. The second-order valence-electron chi connectivity index (χ2n) is 8.28. The molecule has 0 radical (unpaired) electrons. The SMILES string of the molecule is COc1ccc(-c2cc(C(=O)OCC(=O)N(C)[C@@H]3CCS(=O)(=O)C3)c3ccccc3n2)cc1OC. The van der Waals surface area contributed by atoms with E-state index in [1.807, 2.05) is 12.1 Å². The minimum absolute atomic E-state index is 0.0526. The van der Waals surface area contributed by atoms with Crippen LogP contribution >= 0.6 is 0 Å². The Labute approximate surface area is 203 Å². The molecule has 1 aromatic heterocycles. The molecule has 1 aliphatic rings. The summed E-state index contributed by atoms with van der Waals surface area (Å²) in [6, 6.07) is 13.7. The summed E-state index contributed by atoms with van der Waals surface area (Å²) in [7, 11) is 1.47. The Morgan fingerprint density at radius 1 is 1.06 bits per heavy atom. The van der Waals surface area contributed by atoms with E-state index in [1.165, 1.54) is 19.1 Å². The largest absolute Gasteiger partial charge is 0.493 e. The van der Waals surface area contributed by atoms with Crippen molar-refractivity contribution in [3.8, 4) is 22.8 Å². The number of carbonyl (C=O) groups excluding carboxylic acids is 2. The maximum absolute atomic E-state index is 13.1. The molecule has 0 spiro atoms. The normalized spacial score (nSPS) is 16.6. The highest BCUT2D eigenvalue weighted by Gasteiger charge is 2.33. The molecule has 0 bridgehead atoms. The molecule has 1 atom stereocenters. The maximum atomic E-state index is 13.1. The molecule has 35 heavy (non-hydrogen) atoms. The van der Waals surface area contributed by atoms with E-state index < -0.39 is 34.4 Å². The first-order chi connectivity index (χ1) is 16.7. The summed E-state index contributed by atoms with van der Waals surface area (Å²) < 4.78 is 39.5. The van der Waals surface area contributed by atoms with E-state index in [4.69, 9.17) is 14.2 Å². The highest BCUT2D eigenvalue weighted by atomic mass is 32.2. The Balaban J connectivity index is 1.59. The predicted molar refractivity (Wildman–Crippen MR) is 130 cm³/mol. The van der Waals surface area contributed by atoms with Crippen LogP contribution in [0.5, 0.6) is 11.5 Å². The fourth-order valence-corrected chi connectivity index (χ4v) is 5.85. The fraction of sp³-hybridized carbons (Fsp3) is 0.320. The average molecular weight is 499 g/mol. The van der Waals surface area contributed by atoms with Gasteiger partial charge in [0.05, 0.1) is 42.5 Å². The monoisotopic (exact) mass is 498 g/mol. The molecule has 2 aromatic carbocycles. The van der Waals surface area contributed by atoms with Gasteiger partial charge in [-0.3, -0.25) is 4.79 Å². The van der Waals surface area contributed by atoms with Crippen LogP contribution in [0.4, 0.5) is 0 Å². The number of benzene rings is 2. The van der Waals surface area contributed by atoms with Crippen LogP contribution in [-0.2, 0) is 19.4 Å². The zero-order chi connectivity index (χ0) is 25.2. The van der Waals surface area contributed by atoms with Crippen LogP contribution in [0.1, 0.15) is 16.8 Å². The first kappa shape index (κ1) is 24.5. The number of ether oxygens (including phenoxy) is 3. The highest BCUT2D eigenvalue weighted by Crippen LogP contribution is 2.33. The number of hydrogen-bond donors (Lipinski definition) is 0. The molecule has 4 rings (SSSR count). The lowest BCUT2D eigenvalue weighted by Gasteiger charge is -2.23. The van der Waals surface area contributed by atoms with Crippen LogP contribution in [0.2, 0.25) is 0 Å². The fourth-order valence-electron chi connectivity index (χ4n) is 4.08. The third-order valence-electron chi connectivity index (χ3n) is 6.09. The van der Waals surface area contributed by atoms with Crippen molar-refractivity contribution in [1.29, 1.82) is 0 Å². The lowest BCUT2D eigenvalue weighted by Crippen LogP contribution is -2.40. The highest BCUT2D eigenvalue weighted by molar-refractivity contribution is 7.91. The van der Waals surface area contributed by atoms with Crippen molar-refractivity contribution in [2.45, 2.75) is 12.5 Å². The molecule has 3 aromatic rings. The van der Waals surface area contributed by atoms with Gasteiger partial charge in [-0.1, -0.05) is 18.2 Å². The molecule has 1 fully saturated rings. The zero-order valence-corrected chi connectivity index (χ0v) is 20.5. The second-order valence-corrected chi connectivity index (χ2v) is 10.5. The van der Waals surface area contributed by atoms with Crippen LogP contribution in [0.15, 0.2) is 48.5 Å². The first-order valence-electron chi connectivity index (χ1n) is 11.0. The van der Waals surface area contributed by atoms with Crippen LogP contribution in [-0.4, -0.2) is 75.6 Å². The van der Waals surface area contributed by atoms with E-state index in [0.717, 1.165) is 0 Å². The molecule has 0 N–H and O–H groups in total. The van der Waals surface area contributed by atoms with Gasteiger partial charge in [-0.25, -0.2) is 18.2 Å². The number of carbonyl (C=O) groups is 2. The van der Waals surface area contributed by atoms with Crippen LogP contribution in [0, 0.1) is 0 Å². The minimum atomic E-state index is -3.14. The number of nitrogens with zero attached hydrogens (tertiary/aromatic N) is 2. The number of para-hydroxylation sites is 1. The Hall–Kier alpha value is -3.66. The van der Waals surface area contributed by atoms with Gasteiger partial charge in [0, 0.05) is 24.0 Å². The molecule has 1 amide bonds. The number of pyridine rings is 1. The minimum Gasteiger partial charge on any atom is -0.493 e. The number of amides is 1. The van der Waals surface area contributed by atoms with Gasteiger partial charge >= 0.3 is 5.97 Å². The van der Waals surface area contributed by atoms with Gasteiger partial charge in [-0.05, 0) is 36.8 Å². The Bertz CT molecular complexity index is 1390. The van der Waals surface area contributed by atoms with E-state index >= 15 is 0 Å². The van der Waals surface area contributed by atoms with Crippen molar-refractivity contribution in [3.63, 3.8) is 0 Å². The summed E-state index contributed by atoms with van der Waals surface area (Å²) in [5.41, 5.74) is 2.09. The summed E-state index contributed by atoms with van der Waals surface area (Å²) in [5.74, 6) is -0.0739. The number of aromatic nitrogens is 1. The van der Waals surface area contributed by atoms with E-state index in [1.54, 1.807) is 43.5 Å². The van der Waals surface area contributed by atoms with Crippen molar-refractivity contribution in [1.82, 2.24) is 9.88 Å². The number of rotatable bonds is 7. The second kappa shape index (κ2) is 9.91. The standard InChI is InChI=1S/C25H26N2O7S/c1-27(17-10-11-35(30,31)15-17)24(28)14-34-25(29)19-13-21(26-20-7-5-4-6-18(19)20)16-8-9-22(32-2)23(12-16)33-3/h4-9,12-13,17H,10-11,14-15H2,1-3H3/t17-/m1/s1. The van der Waals surface area contributed by atoms with Crippen LogP contribution in [0.3, 0.4) is 0 Å². The van der Waals surface area contributed by atoms with Crippen molar-refractivity contribution in [2.75, 3.05) is 39.4 Å². The topological polar surface area (TPSA) is 112 Å². The lowest BCUT2D eigenvalue weighted by molar-refractivity contribution is -0.134. The molecule has 1 saturated heterocycles. The summed E-state index contributed by atoms with van der Waals surface area (Å²) in [5, 5.41) is 0.587. The molecular weight excluding hydrogens is 472 g/mol. The van der Waals surface area contributed by atoms with Gasteiger partial charge in [0.25, 0.3) is 5.91 Å². The Kier molecular flexibility index (Phi) is 6.93. The maximum Gasteiger partial charge on any atom is 0.339 e. The smallest absolute Gasteiger partial charge is 0.339 e. The molecule has 2 heterocycles. The molecule has 184 valence electrons. The number of hydrogen-bond acceptors (Lipinski definition) is 8. The molecular formula is C25H26N2O7S. The summed E-state index contributed by atoms with van der Waals surface area (Å²) in [6.07, 6.45) is 0.377. The number of fused-ring (bicyclic) bond motifs is 1. The Morgan fingerprint density at radius 2 is 1.80 bits per heavy atom. The van der Waals surface area contributed by atoms with E-state index in [9.17, 15) is 18.0 Å². The third kappa shape index (κ3) is 5.22. The van der Waals surface area contributed by atoms with Gasteiger partial charge in [-0.15, -0.1) is 0 Å². The van der Waals surface area contributed by atoms with Gasteiger partial charge in [0.2, 0.25) is 0 Å². The van der Waals surface area contributed by atoms with Crippen molar-refractivity contribution in [2.24, 2.45) is 0 Å². The molecule has 0 unspecified atom stereocenters. The summed E-state index contributed by atoms with van der Waals surface area (Å²) >= 11 is 0. The quantitative estimate of drug-likeness (QED) is 0.457. The molecule has 0 saturated carbocycles. The number of esters is 1. The summed E-state index contributed by atoms with van der Waals surface area (Å²) in [6.45, 7) is -0.492. The molecule has 10 heteroatoms. The van der Waals surface area contributed by atoms with Gasteiger partial charge in [-0.2, -0.15) is 0 Å². The van der Waals surface area contributed by atoms with Crippen molar-refractivity contribution in [3.05, 3.63) is 54.1 Å². The van der Waals surface area contributed by atoms with E-state index in [2.05, 4.69) is 4.98 Å². The van der Waals surface area contributed by atoms with Crippen LogP contribution in [0.25, 0.3) is 22.2 Å². The van der Waals surface area contributed by atoms with Gasteiger partial charge in [0.15, 0.2) is 27.9 Å². The van der Waals surface area contributed by atoms with Gasteiger partial charge in [0.1, 0.15) is 0 Å². The number of likely N-dealkylation sites (N-methyl/N-ethyl adjacent to an activating group) is 1. The van der Waals surface area contributed by atoms with E-state index in [-0.39, 0.29) is 17.1 Å². The van der Waals surface area contributed by atoms with Gasteiger partial charge < -0.3 is 19.1 Å². The predicted octanol–water partition coefficient (Wildman–Crippen LogP) is 2.72.